The number of fused-ring (bicyclic) bond motifs is 3. The van der Waals surface area contributed by atoms with Crippen molar-refractivity contribution in [1.82, 2.24) is 14.5 Å². The maximum atomic E-state index is 13.6. The van der Waals surface area contributed by atoms with Gasteiger partial charge in [-0.15, -0.1) is 11.3 Å². The molecule has 5 aromatic rings. The van der Waals surface area contributed by atoms with Crippen LogP contribution in [0.5, 0.6) is 0 Å². The van der Waals surface area contributed by atoms with Crippen molar-refractivity contribution in [2.75, 3.05) is 5.75 Å². The van der Waals surface area contributed by atoms with Gasteiger partial charge in [0.15, 0.2) is 10.9 Å². The SMILES string of the molecule is Cc1ccc(C(=O)CSc2nc3c(sc4ncccc43)c(=O)n2Cc2ccccc2Cl)c(C)c1. The average Bonchev–Trinajstić information content (AvgIpc) is 3.20. The smallest absolute Gasteiger partial charge is 0.272 e. The molecule has 34 heavy (non-hydrogen) atoms. The number of hydrogen-bond donors (Lipinski definition) is 0. The molecule has 0 atom stereocenters. The fourth-order valence-corrected chi connectivity index (χ4v) is 6.02. The Morgan fingerprint density at radius 1 is 1.12 bits per heavy atom. The number of benzene rings is 2. The molecule has 2 aromatic carbocycles. The summed E-state index contributed by atoms with van der Waals surface area (Å²) in [5, 5.41) is 1.90. The van der Waals surface area contributed by atoms with Gasteiger partial charge in [-0.3, -0.25) is 14.2 Å². The quantitative estimate of drug-likeness (QED) is 0.154. The number of nitrogens with zero attached hydrogens (tertiary/aromatic N) is 3. The summed E-state index contributed by atoms with van der Waals surface area (Å²) >= 11 is 9.00. The zero-order valence-corrected chi connectivity index (χ0v) is 20.9. The molecule has 0 N–H and O–H groups in total. The highest BCUT2D eigenvalue weighted by Crippen LogP contribution is 2.31. The van der Waals surface area contributed by atoms with E-state index in [1.165, 1.54) is 23.1 Å². The Bertz CT molecular complexity index is 1620. The van der Waals surface area contributed by atoms with Crippen molar-refractivity contribution in [2.24, 2.45) is 0 Å². The van der Waals surface area contributed by atoms with E-state index >= 15 is 0 Å². The van der Waals surface area contributed by atoms with E-state index in [2.05, 4.69) is 4.98 Å². The second-order valence-corrected chi connectivity index (χ2v) is 10.4. The van der Waals surface area contributed by atoms with Crippen LogP contribution in [0.25, 0.3) is 20.4 Å². The Morgan fingerprint density at radius 2 is 1.94 bits per heavy atom. The number of rotatable bonds is 6. The fraction of sp³-hybridized carbons (Fsp3) is 0.154. The van der Waals surface area contributed by atoms with Gasteiger partial charge in [-0.25, -0.2) is 9.97 Å². The first-order valence-electron chi connectivity index (χ1n) is 10.7. The number of thiophene rings is 1. The number of pyridine rings is 1. The number of hydrogen-bond acceptors (Lipinski definition) is 6. The van der Waals surface area contributed by atoms with Crippen LogP contribution >= 0.6 is 34.7 Å². The van der Waals surface area contributed by atoms with Gasteiger partial charge in [0.25, 0.3) is 5.56 Å². The normalized spacial score (nSPS) is 11.4. The van der Waals surface area contributed by atoms with Crippen molar-refractivity contribution in [2.45, 2.75) is 25.5 Å². The van der Waals surface area contributed by atoms with Gasteiger partial charge in [0.1, 0.15) is 9.53 Å². The van der Waals surface area contributed by atoms with Gasteiger partial charge in [0.2, 0.25) is 0 Å². The number of aromatic nitrogens is 3. The van der Waals surface area contributed by atoms with Crippen molar-refractivity contribution in [3.8, 4) is 0 Å². The molecule has 0 aliphatic heterocycles. The molecule has 0 spiro atoms. The molecule has 0 aliphatic carbocycles. The highest BCUT2D eigenvalue weighted by Gasteiger charge is 2.19. The van der Waals surface area contributed by atoms with E-state index in [1.807, 2.05) is 62.4 Å². The molecular formula is C26H20ClN3O2S2. The summed E-state index contributed by atoms with van der Waals surface area (Å²) in [6.45, 7) is 4.21. The summed E-state index contributed by atoms with van der Waals surface area (Å²) in [6, 6.07) is 17.0. The number of aryl methyl sites for hydroxylation is 2. The van der Waals surface area contributed by atoms with Crippen LogP contribution in [0.4, 0.5) is 0 Å². The molecule has 0 bridgehead atoms. The van der Waals surface area contributed by atoms with Gasteiger partial charge >= 0.3 is 0 Å². The second kappa shape index (κ2) is 9.33. The summed E-state index contributed by atoms with van der Waals surface area (Å²) < 4.78 is 2.16. The number of thioether (sulfide) groups is 1. The predicted molar refractivity (Wildman–Crippen MR) is 141 cm³/mol. The van der Waals surface area contributed by atoms with E-state index in [4.69, 9.17) is 16.6 Å². The van der Waals surface area contributed by atoms with Crippen molar-refractivity contribution >= 4 is 60.9 Å². The number of carbonyl (C=O) groups excluding carboxylic acids is 1. The summed E-state index contributed by atoms with van der Waals surface area (Å²) in [7, 11) is 0. The average molecular weight is 506 g/mol. The Hall–Kier alpha value is -3.00. The molecule has 0 amide bonds. The zero-order chi connectivity index (χ0) is 23.8. The number of halogens is 1. The monoisotopic (exact) mass is 505 g/mol. The fourth-order valence-electron chi connectivity index (χ4n) is 3.92. The summed E-state index contributed by atoms with van der Waals surface area (Å²) in [4.78, 5) is 36.6. The molecular weight excluding hydrogens is 486 g/mol. The van der Waals surface area contributed by atoms with E-state index in [-0.39, 0.29) is 23.6 Å². The third-order valence-electron chi connectivity index (χ3n) is 5.62. The van der Waals surface area contributed by atoms with Crippen molar-refractivity contribution < 1.29 is 4.79 Å². The van der Waals surface area contributed by atoms with E-state index < -0.39 is 0 Å². The second-order valence-electron chi connectivity index (χ2n) is 8.04. The topological polar surface area (TPSA) is 64.8 Å². The maximum Gasteiger partial charge on any atom is 0.272 e. The standard InChI is InChI=1S/C26H20ClN3O2S2/c1-15-9-10-18(16(2)12-15)21(31)14-33-26-29-22-19-7-5-11-28-24(19)34-23(22)25(32)30(26)13-17-6-3-4-8-20(17)27/h3-12H,13-14H2,1-2H3. The predicted octanol–water partition coefficient (Wildman–Crippen LogP) is 6.30. The van der Waals surface area contributed by atoms with Gasteiger partial charge in [-0.1, -0.05) is 65.3 Å². The van der Waals surface area contributed by atoms with Crippen molar-refractivity contribution in [3.63, 3.8) is 0 Å². The minimum Gasteiger partial charge on any atom is -0.293 e. The van der Waals surface area contributed by atoms with Crippen molar-refractivity contribution in [1.29, 1.82) is 0 Å². The molecule has 5 rings (SSSR count). The van der Waals surface area contributed by atoms with Crippen LogP contribution in [0, 0.1) is 13.8 Å². The zero-order valence-electron chi connectivity index (χ0n) is 18.5. The molecule has 0 unspecified atom stereocenters. The molecule has 3 heterocycles. The number of carbonyl (C=O) groups is 1. The van der Waals surface area contributed by atoms with Gasteiger partial charge in [0.05, 0.1) is 17.8 Å². The molecule has 8 heteroatoms. The van der Waals surface area contributed by atoms with Gasteiger partial charge in [-0.05, 0) is 43.2 Å². The van der Waals surface area contributed by atoms with Gasteiger partial charge in [0, 0.05) is 22.2 Å². The minimum absolute atomic E-state index is 0.00187. The lowest BCUT2D eigenvalue weighted by Gasteiger charge is -2.13. The molecule has 0 fully saturated rings. The van der Waals surface area contributed by atoms with Crippen LogP contribution < -0.4 is 5.56 Å². The first-order valence-corrected chi connectivity index (χ1v) is 12.8. The first kappa shape index (κ1) is 22.8. The van der Waals surface area contributed by atoms with Gasteiger partial charge < -0.3 is 0 Å². The molecule has 0 aliphatic rings. The lowest BCUT2D eigenvalue weighted by Crippen LogP contribution is -2.23. The van der Waals surface area contributed by atoms with Crippen LogP contribution in [0.15, 0.2) is 70.7 Å². The molecule has 5 nitrogen and oxygen atoms in total. The molecule has 3 aromatic heterocycles. The Kier molecular flexibility index (Phi) is 6.25. The lowest BCUT2D eigenvalue weighted by molar-refractivity contribution is 0.102. The third kappa shape index (κ3) is 4.27. The molecule has 0 saturated carbocycles. The summed E-state index contributed by atoms with van der Waals surface area (Å²) in [5.74, 6) is 0.169. The van der Waals surface area contributed by atoms with Crippen LogP contribution in [-0.2, 0) is 6.54 Å². The van der Waals surface area contributed by atoms with E-state index in [1.54, 1.807) is 16.8 Å². The highest BCUT2D eigenvalue weighted by molar-refractivity contribution is 7.99. The maximum absolute atomic E-state index is 13.6. The first-order chi connectivity index (χ1) is 16.4. The highest BCUT2D eigenvalue weighted by atomic mass is 35.5. The number of Topliss-reactive ketones (excluding diaryl/α,β-unsaturated/α-hetero) is 1. The lowest BCUT2D eigenvalue weighted by atomic mass is 10.0. The van der Waals surface area contributed by atoms with E-state index in [0.717, 1.165) is 26.9 Å². The van der Waals surface area contributed by atoms with Crippen LogP contribution in [-0.4, -0.2) is 26.1 Å². The van der Waals surface area contributed by atoms with Crippen LogP contribution in [0.2, 0.25) is 5.02 Å². The summed E-state index contributed by atoms with van der Waals surface area (Å²) in [5.41, 5.74) is 4.01. The van der Waals surface area contributed by atoms with Crippen molar-refractivity contribution in [3.05, 3.63) is 98.4 Å². The van der Waals surface area contributed by atoms with E-state index in [9.17, 15) is 9.59 Å². The largest absolute Gasteiger partial charge is 0.293 e. The van der Waals surface area contributed by atoms with Crippen LogP contribution in [0.3, 0.4) is 0 Å². The molecule has 0 radical (unpaired) electrons. The van der Waals surface area contributed by atoms with Gasteiger partial charge in [-0.2, -0.15) is 0 Å². The molecule has 170 valence electrons. The number of ketones is 1. The Balaban J connectivity index is 1.59. The minimum atomic E-state index is -0.158. The van der Waals surface area contributed by atoms with E-state index in [0.29, 0.717) is 26.0 Å². The Morgan fingerprint density at radius 3 is 2.74 bits per heavy atom. The third-order valence-corrected chi connectivity index (χ3v) is 8.05. The van der Waals surface area contributed by atoms with Crippen LogP contribution in [0.1, 0.15) is 27.0 Å². The summed E-state index contributed by atoms with van der Waals surface area (Å²) in [6.07, 6.45) is 1.71. The molecule has 0 saturated heterocycles. The Labute approximate surface area is 209 Å².